The van der Waals surface area contributed by atoms with E-state index in [1.54, 1.807) is 6.07 Å². The van der Waals surface area contributed by atoms with E-state index in [9.17, 15) is 4.79 Å². The van der Waals surface area contributed by atoms with Gasteiger partial charge in [-0.1, -0.05) is 23.2 Å². The summed E-state index contributed by atoms with van der Waals surface area (Å²) in [7, 11) is 1.28. The number of carbonyl (C=O) groups excluding carboxylic acids is 1. The Balaban J connectivity index is 2.68. The molecule has 0 saturated heterocycles. The lowest BCUT2D eigenvalue weighted by Crippen LogP contribution is -2.02. The molecule has 6 heteroatoms. The number of fused-ring (bicyclic) bond motifs is 1. The number of nitrogens with zero attached hydrogens (tertiary/aromatic N) is 2. The van der Waals surface area contributed by atoms with Crippen molar-refractivity contribution in [1.29, 1.82) is 0 Å². The highest BCUT2D eigenvalue weighted by Crippen LogP contribution is 2.23. The lowest BCUT2D eigenvalue weighted by molar-refractivity contribution is 0.0601. The van der Waals surface area contributed by atoms with E-state index in [2.05, 4.69) is 14.7 Å². The van der Waals surface area contributed by atoms with Gasteiger partial charge in [0.2, 0.25) is 0 Å². The van der Waals surface area contributed by atoms with Crippen LogP contribution in [0.5, 0.6) is 0 Å². The third-order valence-electron chi connectivity index (χ3n) is 2.01. The van der Waals surface area contributed by atoms with Crippen molar-refractivity contribution >= 4 is 40.2 Å². The zero-order valence-electron chi connectivity index (χ0n) is 8.20. The van der Waals surface area contributed by atoms with E-state index in [0.29, 0.717) is 11.0 Å². The van der Waals surface area contributed by atoms with E-state index in [1.165, 1.54) is 19.4 Å². The molecule has 0 spiro atoms. The maximum atomic E-state index is 11.4. The Bertz CT molecular complexity index is 572. The Kier molecular flexibility index (Phi) is 2.94. The van der Waals surface area contributed by atoms with Crippen LogP contribution in [-0.2, 0) is 4.74 Å². The van der Waals surface area contributed by atoms with E-state index in [4.69, 9.17) is 23.2 Å². The Hall–Kier alpha value is -1.39. The number of hydrogen-bond donors (Lipinski definition) is 0. The molecule has 82 valence electrons. The summed E-state index contributed by atoms with van der Waals surface area (Å²) >= 11 is 11.6. The van der Waals surface area contributed by atoms with Crippen molar-refractivity contribution < 1.29 is 9.53 Å². The summed E-state index contributed by atoms with van der Waals surface area (Å²) in [5, 5.41) is 0.529. The molecule has 0 bridgehead atoms. The second-order valence-electron chi connectivity index (χ2n) is 3.01. The molecule has 0 atom stereocenters. The molecule has 16 heavy (non-hydrogen) atoms. The highest BCUT2D eigenvalue weighted by Gasteiger charge is 2.13. The normalized spacial score (nSPS) is 10.4. The summed E-state index contributed by atoms with van der Waals surface area (Å²) in [6, 6.07) is 3.05. The van der Waals surface area contributed by atoms with Crippen LogP contribution in [0.1, 0.15) is 10.4 Å². The molecule has 0 amide bonds. The van der Waals surface area contributed by atoms with Gasteiger partial charge in [0.1, 0.15) is 5.15 Å². The van der Waals surface area contributed by atoms with Gasteiger partial charge in [0.25, 0.3) is 0 Å². The molecule has 0 saturated carbocycles. The number of methoxy groups -OCH3 is 1. The smallest absolute Gasteiger partial charge is 0.339 e. The molecule has 0 N–H and O–H groups in total. The maximum absolute atomic E-state index is 11.4. The van der Waals surface area contributed by atoms with Gasteiger partial charge in [-0.05, 0) is 12.1 Å². The lowest BCUT2D eigenvalue weighted by atomic mass is 10.2. The second kappa shape index (κ2) is 4.23. The van der Waals surface area contributed by atoms with Gasteiger partial charge in [-0.15, -0.1) is 0 Å². The average molecular weight is 257 g/mol. The summed E-state index contributed by atoms with van der Waals surface area (Å²) < 4.78 is 4.59. The van der Waals surface area contributed by atoms with Gasteiger partial charge in [-0.2, -0.15) is 0 Å². The van der Waals surface area contributed by atoms with Crippen molar-refractivity contribution in [2.75, 3.05) is 7.11 Å². The Morgan fingerprint density at radius 1 is 1.31 bits per heavy atom. The SMILES string of the molecule is COC(=O)c1cc2nc(Cl)cnc2cc1Cl. The largest absolute Gasteiger partial charge is 0.465 e. The quantitative estimate of drug-likeness (QED) is 0.737. The van der Waals surface area contributed by atoms with Crippen LogP contribution in [-0.4, -0.2) is 23.0 Å². The first kappa shape index (κ1) is 11.1. The fourth-order valence-electron chi connectivity index (χ4n) is 1.28. The van der Waals surface area contributed by atoms with Gasteiger partial charge >= 0.3 is 5.97 Å². The molecule has 0 unspecified atom stereocenters. The molecule has 0 aliphatic rings. The molecule has 0 radical (unpaired) electrons. The molecule has 0 aliphatic carbocycles. The number of benzene rings is 1. The van der Waals surface area contributed by atoms with E-state index in [0.717, 1.165) is 0 Å². The van der Waals surface area contributed by atoms with Crippen molar-refractivity contribution in [2.45, 2.75) is 0 Å². The predicted molar refractivity (Wildman–Crippen MR) is 60.9 cm³/mol. The topological polar surface area (TPSA) is 52.1 Å². The van der Waals surface area contributed by atoms with E-state index in [1.807, 2.05) is 0 Å². The minimum Gasteiger partial charge on any atom is -0.465 e. The molecule has 1 aromatic heterocycles. The van der Waals surface area contributed by atoms with Crippen LogP contribution in [0, 0.1) is 0 Å². The van der Waals surface area contributed by atoms with E-state index < -0.39 is 5.97 Å². The summed E-state index contributed by atoms with van der Waals surface area (Å²) in [5.74, 6) is -0.520. The van der Waals surface area contributed by atoms with Gasteiger partial charge < -0.3 is 4.74 Å². The van der Waals surface area contributed by atoms with Crippen LogP contribution < -0.4 is 0 Å². The molecular weight excluding hydrogens is 251 g/mol. The van der Waals surface area contributed by atoms with Gasteiger partial charge in [-0.3, -0.25) is 4.98 Å². The van der Waals surface area contributed by atoms with Crippen LogP contribution >= 0.6 is 23.2 Å². The van der Waals surface area contributed by atoms with Crippen LogP contribution in [0.25, 0.3) is 11.0 Å². The summed E-state index contributed by atoms with van der Waals surface area (Å²) in [4.78, 5) is 19.4. The standard InChI is InChI=1S/C10H6Cl2N2O2/c1-16-10(15)5-2-8-7(3-6(5)11)13-4-9(12)14-8/h2-4H,1H3. The Morgan fingerprint density at radius 3 is 2.75 bits per heavy atom. The third kappa shape index (κ3) is 1.94. The number of carbonyl (C=O) groups is 1. The van der Waals surface area contributed by atoms with Crippen LogP contribution in [0.2, 0.25) is 10.2 Å². The van der Waals surface area contributed by atoms with Gasteiger partial charge in [0.15, 0.2) is 0 Å². The molecule has 1 aromatic carbocycles. The Labute approximate surface area is 101 Å². The first-order valence-corrected chi connectivity index (χ1v) is 5.07. The third-order valence-corrected chi connectivity index (χ3v) is 2.50. The van der Waals surface area contributed by atoms with Crippen LogP contribution in [0.3, 0.4) is 0 Å². The first-order valence-electron chi connectivity index (χ1n) is 4.32. The summed E-state index contributed by atoms with van der Waals surface area (Å²) in [6.45, 7) is 0. The van der Waals surface area contributed by atoms with Crippen molar-refractivity contribution in [3.05, 3.63) is 34.1 Å². The molecule has 4 nitrogen and oxygen atoms in total. The molecule has 2 aromatic rings. The molecule has 0 fully saturated rings. The van der Waals surface area contributed by atoms with Gasteiger partial charge in [0.05, 0.1) is 34.9 Å². The van der Waals surface area contributed by atoms with Crippen molar-refractivity contribution in [2.24, 2.45) is 0 Å². The first-order chi connectivity index (χ1) is 7.61. The lowest BCUT2D eigenvalue weighted by Gasteiger charge is -2.03. The highest BCUT2D eigenvalue weighted by atomic mass is 35.5. The molecular formula is C10H6Cl2N2O2. The number of rotatable bonds is 1. The zero-order chi connectivity index (χ0) is 11.7. The molecule has 2 rings (SSSR count). The predicted octanol–water partition coefficient (Wildman–Crippen LogP) is 2.72. The summed E-state index contributed by atoms with van der Waals surface area (Å²) in [5.41, 5.74) is 1.31. The van der Waals surface area contributed by atoms with Crippen molar-refractivity contribution in [3.8, 4) is 0 Å². The number of ether oxygens (including phenoxy) is 1. The Morgan fingerprint density at radius 2 is 2.06 bits per heavy atom. The zero-order valence-corrected chi connectivity index (χ0v) is 9.71. The van der Waals surface area contributed by atoms with E-state index >= 15 is 0 Å². The minimum absolute atomic E-state index is 0.244. The highest BCUT2D eigenvalue weighted by molar-refractivity contribution is 6.34. The fraction of sp³-hybridized carbons (Fsp3) is 0.100. The van der Waals surface area contributed by atoms with Crippen molar-refractivity contribution in [3.63, 3.8) is 0 Å². The summed E-state index contributed by atoms with van der Waals surface area (Å²) in [6.07, 6.45) is 1.41. The molecule has 0 aliphatic heterocycles. The fourth-order valence-corrected chi connectivity index (χ4v) is 1.65. The number of aromatic nitrogens is 2. The van der Waals surface area contributed by atoms with Crippen molar-refractivity contribution in [1.82, 2.24) is 9.97 Å². The molecule has 1 heterocycles. The maximum Gasteiger partial charge on any atom is 0.339 e. The van der Waals surface area contributed by atoms with Gasteiger partial charge in [-0.25, -0.2) is 9.78 Å². The monoisotopic (exact) mass is 256 g/mol. The second-order valence-corrected chi connectivity index (χ2v) is 3.80. The van der Waals surface area contributed by atoms with Gasteiger partial charge in [0, 0.05) is 0 Å². The van der Waals surface area contributed by atoms with Crippen LogP contribution in [0.15, 0.2) is 18.3 Å². The number of hydrogen-bond acceptors (Lipinski definition) is 4. The average Bonchev–Trinajstić information content (AvgIpc) is 2.28. The van der Waals surface area contributed by atoms with Crippen LogP contribution in [0.4, 0.5) is 0 Å². The van der Waals surface area contributed by atoms with E-state index in [-0.39, 0.29) is 15.7 Å². The number of esters is 1. The number of halogens is 2. The minimum atomic E-state index is -0.520.